The zero-order valence-electron chi connectivity index (χ0n) is 43.2. The van der Waals surface area contributed by atoms with Crippen LogP contribution in [0.15, 0.2) is 24.3 Å². The second kappa shape index (κ2) is 18.4. The van der Waals surface area contributed by atoms with Gasteiger partial charge < -0.3 is 19.8 Å². The van der Waals surface area contributed by atoms with Gasteiger partial charge in [0.25, 0.3) is 0 Å². The van der Waals surface area contributed by atoms with Crippen LogP contribution in [0, 0.1) is 88.8 Å². The first-order valence-electron chi connectivity index (χ1n) is 30.2. The number of hydrogen-bond donors (Lipinski definition) is 0. The fourth-order valence-corrected chi connectivity index (χ4v) is 21.6. The van der Waals surface area contributed by atoms with Gasteiger partial charge in [-0.3, -0.25) is 0 Å². The Morgan fingerprint density at radius 1 is 0.333 bits per heavy atom. The van der Waals surface area contributed by atoms with Crippen molar-refractivity contribution in [2.24, 2.45) is 88.8 Å². The smallest absolute Gasteiger partial charge is 0.0721 e. The predicted octanol–water partition coefficient (Wildman–Crippen LogP) is 14.6. The minimum absolute atomic E-state index is 0.401. The largest absolute Gasteiger partial charge is 0.545 e. The summed E-state index contributed by atoms with van der Waals surface area (Å²) in [6, 6.07) is 9.73. The average Bonchev–Trinajstić information content (AvgIpc) is 3.31. The highest BCUT2D eigenvalue weighted by Crippen LogP contribution is 2.65. The Bertz CT molecular complexity index is 2050. The van der Waals surface area contributed by atoms with Crippen LogP contribution in [0.25, 0.3) is 0 Å². The summed E-state index contributed by atoms with van der Waals surface area (Å²) in [5.74, 6) is 14.0. The molecule has 15 fully saturated rings. The normalized spacial score (nSPS) is 45.6. The Morgan fingerprint density at radius 2 is 0.594 bits per heavy atom. The number of carbonyl (C=O) groups is 2. The topological polar surface area (TPSA) is 80.3 Å². The summed E-state index contributed by atoms with van der Waals surface area (Å²) < 4.78 is 0. The maximum Gasteiger partial charge on any atom is 0.0721 e. The number of benzene rings is 2. The summed E-state index contributed by atoms with van der Waals surface area (Å²) in [5, 5.41) is 25.8. The van der Waals surface area contributed by atoms with Gasteiger partial charge in [-0.25, -0.2) is 0 Å². The van der Waals surface area contributed by atoms with Crippen molar-refractivity contribution in [2.75, 3.05) is 0 Å². The molecule has 374 valence electrons. The highest BCUT2D eigenvalue weighted by Gasteiger charge is 2.54. The Labute approximate surface area is 417 Å². The van der Waals surface area contributed by atoms with Gasteiger partial charge in [-0.05, 0) is 292 Å². The SMILES string of the molecule is CC1CCC(c2cc(C3CCC(C)CC3)c(C(=O)[O-])c(C3CCC(C)CC3)c2)CC1.O=C([O-])c1c(C2C3CC4CC(C3)CC2C4)cc(C2C3CC4CC(C3)CC2C4)cc1C1C2CC3CC(C2)CC1C3. The van der Waals surface area contributed by atoms with E-state index in [0.29, 0.717) is 41.1 Å². The van der Waals surface area contributed by atoms with Crippen molar-refractivity contribution >= 4 is 11.9 Å². The van der Waals surface area contributed by atoms with Crippen molar-refractivity contribution in [3.8, 4) is 0 Å². The fraction of sp³-hybridized carbons (Fsp3) is 0.785. The third-order valence-corrected chi connectivity index (χ3v) is 24.0. The first kappa shape index (κ1) is 46.2. The lowest BCUT2D eigenvalue weighted by molar-refractivity contribution is -0.256. The molecular formula is C65H88O4-2. The molecule has 4 nitrogen and oxygen atoms in total. The summed E-state index contributed by atoms with van der Waals surface area (Å²) in [7, 11) is 0. The van der Waals surface area contributed by atoms with E-state index in [1.165, 1.54) is 164 Å². The molecule has 4 heteroatoms. The Morgan fingerprint density at radius 3 is 0.899 bits per heavy atom. The first-order valence-corrected chi connectivity index (χ1v) is 30.2. The van der Waals surface area contributed by atoms with Crippen LogP contribution in [0.3, 0.4) is 0 Å². The summed E-state index contributed by atoms with van der Waals surface area (Å²) in [4.78, 5) is 25.8. The van der Waals surface area contributed by atoms with Gasteiger partial charge in [0.05, 0.1) is 11.9 Å². The average molecular weight is 933 g/mol. The van der Waals surface area contributed by atoms with Crippen molar-refractivity contribution < 1.29 is 19.8 Å². The van der Waals surface area contributed by atoms with Gasteiger partial charge in [-0.15, -0.1) is 0 Å². The van der Waals surface area contributed by atoms with Crippen molar-refractivity contribution in [3.63, 3.8) is 0 Å². The van der Waals surface area contributed by atoms with Crippen molar-refractivity contribution in [1.82, 2.24) is 0 Å². The van der Waals surface area contributed by atoms with Crippen LogP contribution in [0.4, 0.5) is 0 Å². The van der Waals surface area contributed by atoms with Gasteiger partial charge in [-0.1, -0.05) is 83.6 Å². The maximum absolute atomic E-state index is 13.3. The molecule has 0 radical (unpaired) electrons. The second-order valence-electron chi connectivity index (χ2n) is 28.5. The van der Waals surface area contributed by atoms with E-state index >= 15 is 0 Å². The van der Waals surface area contributed by atoms with E-state index < -0.39 is 11.9 Å². The first-order chi connectivity index (χ1) is 33.5. The lowest BCUT2D eigenvalue weighted by Gasteiger charge is -2.57. The lowest BCUT2D eigenvalue weighted by Crippen LogP contribution is -2.46. The summed E-state index contributed by atoms with van der Waals surface area (Å²) in [6.07, 6.45) is 35.6. The molecule has 15 saturated carbocycles. The van der Waals surface area contributed by atoms with E-state index in [0.717, 1.165) is 131 Å². The Kier molecular flexibility index (Phi) is 12.3. The third kappa shape index (κ3) is 8.54. The van der Waals surface area contributed by atoms with E-state index in [-0.39, 0.29) is 0 Å². The lowest BCUT2D eigenvalue weighted by atomic mass is 9.48. The van der Waals surface area contributed by atoms with E-state index in [1.54, 1.807) is 5.56 Å². The van der Waals surface area contributed by atoms with Crippen molar-refractivity contribution in [2.45, 2.75) is 230 Å². The molecule has 0 unspecified atom stereocenters. The summed E-state index contributed by atoms with van der Waals surface area (Å²) in [6.45, 7) is 7.05. The Hall–Kier alpha value is -2.62. The van der Waals surface area contributed by atoms with Crippen LogP contribution in [0.5, 0.6) is 0 Å². The molecule has 15 aliphatic rings. The Balaban J connectivity index is 0.000000142. The number of carboxylic acid groups (broad SMARTS) is 2. The van der Waals surface area contributed by atoms with Crippen LogP contribution in [-0.4, -0.2) is 11.9 Å². The number of aromatic carboxylic acids is 2. The molecule has 12 bridgehead atoms. The molecule has 2 aromatic carbocycles. The minimum atomic E-state index is -0.930. The van der Waals surface area contributed by atoms with Gasteiger partial charge in [-0.2, -0.15) is 0 Å². The molecule has 69 heavy (non-hydrogen) atoms. The predicted molar refractivity (Wildman–Crippen MR) is 272 cm³/mol. The highest BCUT2D eigenvalue weighted by molar-refractivity contribution is 5.91. The number of carboxylic acids is 2. The van der Waals surface area contributed by atoms with Crippen LogP contribution < -0.4 is 10.2 Å². The maximum atomic E-state index is 13.3. The fourth-order valence-electron chi connectivity index (χ4n) is 21.6. The van der Waals surface area contributed by atoms with Crippen molar-refractivity contribution in [1.29, 1.82) is 0 Å². The molecule has 0 heterocycles. The monoisotopic (exact) mass is 933 g/mol. The number of hydrogen-bond acceptors (Lipinski definition) is 4. The molecule has 0 atom stereocenters. The van der Waals surface area contributed by atoms with Crippen molar-refractivity contribution in [3.05, 3.63) is 68.8 Å². The van der Waals surface area contributed by atoms with E-state index in [2.05, 4.69) is 45.0 Å². The summed E-state index contributed by atoms with van der Waals surface area (Å²) >= 11 is 0. The van der Waals surface area contributed by atoms with Gasteiger partial charge in [0.2, 0.25) is 0 Å². The molecule has 15 aliphatic carbocycles. The molecule has 0 amide bonds. The molecule has 17 rings (SSSR count). The van der Waals surface area contributed by atoms with E-state index in [1.807, 2.05) is 0 Å². The molecular weight excluding hydrogens is 845 g/mol. The van der Waals surface area contributed by atoms with Crippen LogP contribution in [-0.2, 0) is 0 Å². The molecule has 0 N–H and O–H groups in total. The number of rotatable bonds is 8. The summed E-state index contributed by atoms with van der Waals surface area (Å²) in [5.41, 5.74) is 9.19. The third-order valence-electron chi connectivity index (χ3n) is 24.0. The van der Waals surface area contributed by atoms with E-state index in [9.17, 15) is 19.8 Å². The molecule has 0 aliphatic heterocycles. The van der Waals surface area contributed by atoms with Crippen LogP contribution >= 0.6 is 0 Å². The minimum Gasteiger partial charge on any atom is -0.545 e. The quantitative estimate of drug-likeness (QED) is 0.264. The second-order valence-corrected chi connectivity index (χ2v) is 28.5. The van der Waals surface area contributed by atoms with Crippen LogP contribution in [0.1, 0.15) is 284 Å². The van der Waals surface area contributed by atoms with Gasteiger partial charge in [0.15, 0.2) is 0 Å². The van der Waals surface area contributed by atoms with Crippen LogP contribution in [0.2, 0.25) is 0 Å². The van der Waals surface area contributed by atoms with Gasteiger partial charge >= 0.3 is 0 Å². The van der Waals surface area contributed by atoms with Gasteiger partial charge in [0.1, 0.15) is 0 Å². The molecule has 0 aromatic heterocycles. The zero-order chi connectivity index (χ0) is 46.8. The zero-order valence-corrected chi connectivity index (χ0v) is 43.2. The molecule has 0 spiro atoms. The standard InChI is InChI=1S/C37H48O2.C28H42O2/c38-37(39)36-31(34-26-8-20-2-21(10-26)11-27(34)9-20)16-30(33-24-4-18-1-19(6-24)7-25(33)5-18)17-32(36)35-28-12-22-3-23(14-28)15-29(35)13-22;1-18-4-10-21(11-5-18)24-16-25(22-12-6-19(2)7-13-22)27(28(29)30)26(17-24)23-14-8-20(3)9-15-23/h16-29,33-35H,1-15H2,(H,38,39);16-23H,4-15H2,1-3H3,(H,29,30)/p-2. The van der Waals surface area contributed by atoms with E-state index in [4.69, 9.17) is 0 Å². The molecule has 2 aromatic rings. The number of carbonyl (C=O) groups excluding carboxylic acids is 2. The van der Waals surface area contributed by atoms with Gasteiger partial charge in [0, 0.05) is 11.1 Å². The highest BCUT2D eigenvalue weighted by atomic mass is 16.4. The molecule has 0 saturated heterocycles.